The number of benzene rings is 2. The van der Waals surface area contributed by atoms with E-state index in [2.05, 4.69) is 31.9 Å². The molecule has 52 heavy (non-hydrogen) atoms. The van der Waals surface area contributed by atoms with Crippen LogP contribution in [0.3, 0.4) is 0 Å². The summed E-state index contributed by atoms with van der Waals surface area (Å²) in [6.45, 7) is 9.01. The fourth-order valence-corrected chi connectivity index (χ4v) is 5.12. The zero-order valence-electron chi connectivity index (χ0n) is 30.4. The van der Waals surface area contributed by atoms with Gasteiger partial charge in [-0.3, -0.25) is 33.6 Å². The number of phenols is 1. The van der Waals surface area contributed by atoms with E-state index in [-0.39, 0.29) is 18.1 Å². The van der Waals surface area contributed by atoms with Crippen LogP contribution in [0.15, 0.2) is 54.6 Å². The number of hydrogen-bond acceptors (Lipinski definition) is 9. The van der Waals surface area contributed by atoms with Crippen molar-refractivity contribution >= 4 is 41.4 Å². The number of primary amides is 1. The van der Waals surface area contributed by atoms with E-state index in [0.717, 1.165) is 0 Å². The molecule has 0 spiro atoms. The molecule has 6 atom stereocenters. The minimum absolute atomic E-state index is 0.0720. The first-order valence-corrected chi connectivity index (χ1v) is 17.0. The smallest absolute Gasteiger partial charge is 0.243 e. The van der Waals surface area contributed by atoms with Crippen molar-refractivity contribution in [3.05, 3.63) is 65.7 Å². The molecule has 0 bridgehead atoms. The molecule has 7 amide bonds. The molecule has 0 aliphatic carbocycles. The summed E-state index contributed by atoms with van der Waals surface area (Å²) in [6.07, 6.45) is 0.163. The second kappa shape index (κ2) is 20.4. The van der Waals surface area contributed by atoms with E-state index in [1.165, 1.54) is 19.1 Å². The molecule has 2 aromatic rings. The van der Waals surface area contributed by atoms with Crippen LogP contribution in [0.25, 0.3) is 0 Å². The predicted octanol–water partition coefficient (Wildman–Crippen LogP) is -0.945. The normalized spacial score (nSPS) is 14.5. The Balaban J connectivity index is 2.11. The molecule has 11 N–H and O–H groups in total. The van der Waals surface area contributed by atoms with E-state index < -0.39 is 96.5 Å². The number of carbonyl (C=O) groups is 7. The largest absolute Gasteiger partial charge is 0.508 e. The minimum Gasteiger partial charge on any atom is -0.508 e. The average Bonchev–Trinajstić information content (AvgIpc) is 3.10. The molecular formula is C36H52N8O8. The first-order valence-electron chi connectivity index (χ1n) is 17.0. The summed E-state index contributed by atoms with van der Waals surface area (Å²) in [5.74, 6) is -6.03. The molecule has 2 aromatic carbocycles. The zero-order chi connectivity index (χ0) is 39.1. The molecule has 0 radical (unpaired) electrons. The second-order valence-corrected chi connectivity index (χ2v) is 13.3. The van der Waals surface area contributed by atoms with Gasteiger partial charge in [-0.25, -0.2) is 0 Å². The van der Waals surface area contributed by atoms with Crippen molar-refractivity contribution in [3.63, 3.8) is 0 Å². The van der Waals surface area contributed by atoms with Crippen LogP contribution in [0.4, 0.5) is 0 Å². The Morgan fingerprint density at radius 3 is 1.67 bits per heavy atom. The van der Waals surface area contributed by atoms with Gasteiger partial charge >= 0.3 is 0 Å². The Kier molecular flexibility index (Phi) is 16.7. The first-order chi connectivity index (χ1) is 24.4. The van der Waals surface area contributed by atoms with Crippen LogP contribution in [0, 0.1) is 11.8 Å². The lowest BCUT2D eigenvalue weighted by Gasteiger charge is -2.30. The Hall–Kier alpha value is -5.51. The van der Waals surface area contributed by atoms with E-state index in [0.29, 0.717) is 11.1 Å². The molecule has 0 saturated carbocycles. The highest BCUT2D eigenvalue weighted by Crippen LogP contribution is 2.20. The monoisotopic (exact) mass is 724 g/mol. The third-order valence-electron chi connectivity index (χ3n) is 8.26. The highest BCUT2D eigenvalue weighted by molar-refractivity contribution is 5.96. The van der Waals surface area contributed by atoms with Crippen molar-refractivity contribution in [2.24, 2.45) is 23.3 Å². The van der Waals surface area contributed by atoms with Crippen molar-refractivity contribution in [1.29, 1.82) is 0 Å². The SMILES string of the molecule is CC(C)[C@H](NC(=O)[C@@H](NC(=O)[C@H](NC(=O)CNC(=O)[C@@H](C)NC(=O)[C@@H](N)Cc1ccc(O)cc1)[C@H](C)c1ccccc1)C(C)C)C(=O)NCC(N)=O. The van der Waals surface area contributed by atoms with Gasteiger partial charge in [0.25, 0.3) is 0 Å². The number of amides is 7. The molecule has 0 saturated heterocycles. The lowest BCUT2D eigenvalue weighted by Crippen LogP contribution is -2.60. The van der Waals surface area contributed by atoms with Gasteiger partial charge in [0.15, 0.2) is 0 Å². The second-order valence-electron chi connectivity index (χ2n) is 13.3. The van der Waals surface area contributed by atoms with Gasteiger partial charge in [-0.15, -0.1) is 0 Å². The van der Waals surface area contributed by atoms with Crippen LogP contribution < -0.4 is 43.4 Å². The molecule has 16 heteroatoms. The maximum Gasteiger partial charge on any atom is 0.243 e. The van der Waals surface area contributed by atoms with Crippen molar-refractivity contribution in [3.8, 4) is 5.75 Å². The van der Waals surface area contributed by atoms with Gasteiger partial charge in [0, 0.05) is 5.92 Å². The molecule has 0 unspecified atom stereocenters. The van der Waals surface area contributed by atoms with Crippen LogP contribution in [0.1, 0.15) is 58.6 Å². The summed E-state index contributed by atoms with van der Waals surface area (Å²) in [4.78, 5) is 89.7. The zero-order valence-corrected chi connectivity index (χ0v) is 30.4. The highest BCUT2D eigenvalue weighted by Gasteiger charge is 2.35. The number of hydrogen-bond donors (Lipinski definition) is 9. The quantitative estimate of drug-likeness (QED) is 0.0864. The molecule has 0 heterocycles. The van der Waals surface area contributed by atoms with E-state index in [1.54, 1.807) is 77.1 Å². The summed E-state index contributed by atoms with van der Waals surface area (Å²) in [5.41, 5.74) is 12.5. The number of rotatable bonds is 19. The topological polar surface area (TPSA) is 264 Å². The molecule has 0 aliphatic rings. The van der Waals surface area contributed by atoms with Gasteiger partial charge in [0.1, 0.15) is 29.9 Å². The summed E-state index contributed by atoms with van der Waals surface area (Å²) in [6, 6.07) is 9.71. The van der Waals surface area contributed by atoms with Crippen LogP contribution >= 0.6 is 0 Å². The minimum atomic E-state index is -1.20. The van der Waals surface area contributed by atoms with Gasteiger partial charge in [-0.1, -0.05) is 77.1 Å². The van der Waals surface area contributed by atoms with Crippen LogP contribution in [0.2, 0.25) is 0 Å². The predicted molar refractivity (Wildman–Crippen MR) is 193 cm³/mol. The Morgan fingerprint density at radius 2 is 1.13 bits per heavy atom. The number of nitrogens with two attached hydrogens (primary N) is 2. The number of nitrogens with one attached hydrogen (secondary N) is 6. The molecule has 0 fully saturated rings. The number of aromatic hydroxyl groups is 1. The molecule has 2 rings (SSSR count). The fourth-order valence-electron chi connectivity index (χ4n) is 5.12. The van der Waals surface area contributed by atoms with Crippen LogP contribution in [-0.4, -0.2) is 89.8 Å². The maximum atomic E-state index is 13.8. The molecule has 16 nitrogen and oxygen atoms in total. The number of phenolic OH excluding ortho intramolecular Hbond substituents is 1. The standard InChI is InChI=1S/C36H52N8O8/c1-19(2)29(34(50)39-17-27(38)46)43-35(51)30(20(3)4)44-36(52)31(21(5)24-10-8-7-9-11-24)42-28(47)18-40-32(48)22(6)41-33(49)26(37)16-23-12-14-25(45)15-13-23/h7-15,19-22,26,29-31,45H,16-18,37H2,1-6H3,(H2,38,46)(H,39,50)(H,40,48)(H,41,49)(H,42,47)(H,43,51)(H,44,52)/t21-,22-,26+,29+,30+,31-/m1/s1. The summed E-state index contributed by atoms with van der Waals surface area (Å²) >= 11 is 0. The fraction of sp³-hybridized carbons (Fsp3) is 0.472. The number of carbonyl (C=O) groups excluding carboxylic acids is 7. The van der Waals surface area contributed by atoms with Gasteiger partial charge in [0.2, 0.25) is 41.4 Å². The molecule has 0 aromatic heterocycles. The van der Waals surface area contributed by atoms with Crippen molar-refractivity contribution in [2.75, 3.05) is 13.1 Å². The van der Waals surface area contributed by atoms with Crippen molar-refractivity contribution in [2.45, 2.75) is 84.1 Å². The molecule has 0 aliphatic heterocycles. The van der Waals surface area contributed by atoms with E-state index in [1.807, 2.05) is 0 Å². The highest BCUT2D eigenvalue weighted by atomic mass is 16.3. The van der Waals surface area contributed by atoms with Gasteiger partial charge in [-0.2, -0.15) is 0 Å². The average molecular weight is 725 g/mol. The third-order valence-corrected chi connectivity index (χ3v) is 8.26. The van der Waals surface area contributed by atoms with Crippen molar-refractivity contribution in [1.82, 2.24) is 31.9 Å². The van der Waals surface area contributed by atoms with Crippen molar-refractivity contribution < 1.29 is 38.7 Å². The van der Waals surface area contributed by atoms with Gasteiger partial charge in [0.05, 0.1) is 19.1 Å². The first kappa shape index (κ1) is 42.7. The Bertz CT molecular complexity index is 1550. The lowest BCUT2D eigenvalue weighted by atomic mass is 9.91. The Morgan fingerprint density at radius 1 is 0.615 bits per heavy atom. The van der Waals surface area contributed by atoms with Crippen LogP contribution in [0.5, 0.6) is 5.75 Å². The van der Waals surface area contributed by atoms with Gasteiger partial charge < -0.3 is 48.5 Å². The maximum absolute atomic E-state index is 13.8. The van der Waals surface area contributed by atoms with Gasteiger partial charge in [-0.05, 0) is 48.4 Å². The molecule has 284 valence electrons. The summed E-state index contributed by atoms with van der Waals surface area (Å²) in [5, 5.41) is 24.8. The van der Waals surface area contributed by atoms with E-state index in [4.69, 9.17) is 11.5 Å². The van der Waals surface area contributed by atoms with Crippen LogP contribution in [-0.2, 0) is 40.0 Å². The summed E-state index contributed by atoms with van der Waals surface area (Å²) in [7, 11) is 0. The van der Waals surface area contributed by atoms with E-state index >= 15 is 0 Å². The lowest BCUT2D eigenvalue weighted by molar-refractivity contribution is -0.135. The summed E-state index contributed by atoms with van der Waals surface area (Å²) < 4.78 is 0. The molecular weight excluding hydrogens is 672 g/mol. The third kappa shape index (κ3) is 13.7. The van der Waals surface area contributed by atoms with E-state index in [9.17, 15) is 38.7 Å². The Labute approximate surface area is 303 Å².